The largest absolute Gasteiger partial charge is 0.480 e. The number of nitrogens with one attached hydrogen (secondary N) is 2. The van der Waals surface area contributed by atoms with Gasteiger partial charge < -0.3 is 15.7 Å². The van der Waals surface area contributed by atoms with E-state index in [9.17, 15) is 14.0 Å². The quantitative estimate of drug-likeness (QED) is 0.717. The second-order valence-electron chi connectivity index (χ2n) is 4.16. The van der Waals surface area contributed by atoms with Gasteiger partial charge in [0.1, 0.15) is 11.9 Å². The molecule has 2 amide bonds. The molecule has 0 saturated heterocycles. The molecule has 1 rings (SSSR count). The monoisotopic (exact) mass is 278 g/mol. The van der Waals surface area contributed by atoms with E-state index in [0.29, 0.717) is 5.56 Å². The van der Waals surface area contributed by atoms with Crippen LogP contribution in [0.5, 0.6) is 0 Å². The molecule has 20 heavy (non-hydrogen) atoms. The predicted octanol–water partition coefficient (Wildman–Crippen LogP) is 1.66. The van der Waals surface area contributed by atoms with Gasteiger partial charge in [0.05, 0.1) is 6.04 Å². The van der Waals surface area contributed by atoms with Gasteiger partial charge in [-0.25, -0.2) is 14.0 Å². The Morgan fingerprint density at radius 3 is 2.60 bits per heavy atom. The number of halogens is 1. The second-order valence-corrected chi connectivity index (χ2v) is 4.16. The first-order valence-corrected chi connectivity index (χ1v) is 5.93. The highest BCUT2D eigenvalue weighted by atomic mass is 19.1. The maximum absolute atomic E-state index is 13.5. The molecule has 6 heteroatoms. The Balaban J connectivity index is 2.64. The predicted molar refractivity (Wildman–Crippen MR) is 71.4 cm³/mol. The molecule has 2 atom stereocenters. The van der Waals surface area contributed by atoms with Crippen molar-refractivity contribution in [3.8, 4) is 12.3 Å². The lowest BCUT2D eigenvalue weighted by Gasteiger charge is -2.18. The van der Waals surface area contributed by atoms with Gasteiger partial charge >= 0.3 is 12.0 Å². The van der Waals surface area contributed by atoms with Crippen LogP contribution >= 0.6 is 0 Å². The van der Waals surface area contributed by atoms with Crippen molar-refractivity contribution in [2.75, 3.05) is 0 Å². The van der Waals surface area contributed by atoms with Crippen LogP contribution < -0.4 is 10.6 Å². The summed E-state index contributed by atoms with van der Waals surface area (Å²) in [4.78, 5) is 22.5. The molecule has 0 aliphatic heterocycles. The average Bonchev–Trinajstić information content (AvgIpc) is 2.38. The molecule has 0 aliphatic carbocycles. The number of terminal acetylenes is 1. The minimum absolute atomic E-state index is 0.128. The zero-order valence-corrected chi connectivity index (χ0v) is 10.9. The van der Waals surface area contributed by atoms with Crippen LogP contribution in [0.15, 0.2) is 24.3 Å². The van der Waals surface area contributed by atoms with Crippen molar-refractivity contribution in [1.29, 1.82) is 0 Å². The molecule has 0 saturated carbocycles. The van der Waals surface area contributed by atoms with Gasteiger partial charge in [-0.05, 0) is 13.0 Å². The van der Waals surface area contributed by atoms with Gasteiger partial charge in [-0.2, -0.15) is 0 Å². The van der Waals surface area contributed by atoms with Crippen LogP contribution in [0.4, 0.5) is 9.18 Å². The van der Waals surface area contributed by atoms with Gasteiger partial charge in [0.2, 0.25) is 0 Å². The van der Waals surface area contributed by atoms with Crippen molar-refractivity contribution in [2.45, 2.75) is 25.4 Å². The Bertz CT molecular complexity index is 539. The Morgan fingerprint density at radius 2 is 2.05 bits per heavy atom. The third-order valence-electron chi connectivity index (χ3n) is 2.64. The standard InChI is InChI=1S/C14H15FN2O3/c1-3-6-12(13(18)19)17-14(20)16-9(2)10-7-4-5-8-11(10)15/h1,4-5,7-9,12H,6H2,2H3,(H,18,19)(H2,16,17,20). The zero-order chi connectivity index (χ0) is 15.1. The molecule has 0 radical (unpaired) electrons. The number of benzene rings is 1. The summed E-state index contributed by atoms with van der Waals surface area (Å²) in [7, 11) is 0. The normalized spacial score (nSPS) is 12.8. The summed E-state index contributed by atoms with van der Waals surface area (Å²) < 4.78 is 13.5. The van der Waals surface area contributed by atoms with E-state index in [1.54, 1.807) is 19.1 Å². The van der Waals surface area contributed by atoms with Crippen molar-refractivity contribution in [3.63, 3.8) is 0 Å². The van der Waals surface area contributed by atoms with Crippen LogP contribution in [0.3, 0.4) is 0 Å². The van der Waals surface area contributed by atoms with E-state index in [1.165, 1.54) is 12.1 Å². The van der Waals surface area contributed by atoms with Gasteiger partial charge in [-0.3, -0.25) is 0 Å². The van der Waals surface area contributed by atoms with E-state index in [1.807, 2.05) is 0 Å². The fourth-order valence-electron chi connectivity index (χ4n) is 1.62. The Labute approximate surface area is 116 Å². The van der Waals surface area contributed by atoms with Crippen LogP contribution in [-0.4, -0.2) is 23.1 Å². The Kier molecular flexibility index (Phi) is 5.54. The van der Waals surface area contributed by atoms with Crippen LogP contribution in [0.2, 0.25) is 0 Å². The van der Waals surface area contributed by atoms with Crippen molar-refractivity contribution >= 4 is 12.0 Å². The van der Waals surface area contributed by atoms with Crippen LogP contribution in [0.1, 0.15) is 24.9 Å². The number of carbonyl (C=O) groups is 2. The topological polar surface area (TPSA) is 78.4 Å². The molecular formula is C14H15FN2O3. The van der Waals surface area contributed by atoms with Crippen molar-refractivity contribution in [3.05, 3.63) is 35.6 Å². The highest BCUT2D eigenvalue weighted by molar-refractivity contribution is 5.82. The average molecular weight is 278 g/mol. The maximum Gasteiger partial charge on any atom is 0.327 e. The number of aliphatic carboxylic acids is 1. The smallest absolute Gasteiger partial charge is 0.327 e. The minimum Gasteiger partial charge on any atom is -0.480 e. The fourth-order valence-corrected chi connectivity index (χ4v) is 1.62. The molecule has 0 heterocycles. The number of rotatable bonds is 5. The first-order chi connectivity index (χ1) is 9.45. The van der Waals surface area contributed by atoms with Crippen molar-refractivity contribution in [1.82, 2.24) is 10.6 Å². The van der Waals surface area contributed by atoms with Gasteiger partial charge in [0, 0.05) is 12.0 Å². The first kappa shape index (κ1) is 15.5. The van der Waals surface area contributed by atoms with Crippen LogP contribution in [0.25, 0.3) is 0 Å². The highest BCUT2D eigenvalue weighted by Gasteiger charge is 2.20. The molecule has 0 aliphatic rings. The van der Waals surface area contributed by atoms with E-state index in [4.69, 9.17) is 11.5 Å². The lowest BCUT2D eigenvalue weighted by molar-refractivity contribution is -0.139. The third kappa shape index (κ3) is 4.28. The maximum atomic E-state index is 13.5. The van der Waals surface area contributed by atoms with E-state index in [-0.39, 0.29) is 6.42 Å². The molecule has 5 nitrogen and oxygen atoms in total. The molecule has 0 aromatic heterocycles. The molecular weight excluding hydrogens is 263 g/mol. The number of carboxylic acids is 1. The Hall–Kier alpha value is -2.55. The van der Waals surface area contributed by atoms with Gasteiger partial charge in [-0.1, -0.05) is 18.2 Å². The fraction of sp³-hybridized carbons (Fsp3) is 0.286. The number of carboxylic acid groups (broad SMARTS) is 1. The number of hydrogen-bond acceptors (Lipinski definition) is 2. The van der Waals surface area contributed by atoms with Crippen molar-refractivity contribution in [2.24, 2.45) is 0 Å². The van der Waals surface area contributed by atoms with Crippen molar-refractivity contribution < 1.29 is 19.1 Å². The third-order valence-corrected chi connectivity index (χ3v) is 2.64. The van der Waals surface area contributed by atoms with Gasteiger partial charge in [-0.15, -0.1) is 12.3 Å². The molecule has 3 N–H and O–H groups in total. The highest BCUT2D eigenvalue weighted by Crippen LogP contribution is 2.15. The summed E-state index contributed by atoms with van der Waals surface area (Å²) in [6.07, 6.45) is 4.89. The summed E-state index contributed by atoms with van der Waals surface area (Å²) in [6, 6.07) is 3.51. The lowest BCUT2D eigenvalue weighted by atomic mass is 10.1. The second kappa shape index (κ2) is 7.14. The number of hydrogen-bond donors (Lipinski definition) is 3. The van der Waals surface area contributed by atoms with Crippen LogP contribution in [-0.2, 0) is 4.79 Å². The van der Waals surface area contributed by atoms with Crippen LogP contribution in [0, 0.1) is 18.2 Å². The molecule has 1 aromatic rings. The molecule has 1 aromatic carbocycles. The van der Waals surface area contributed by atoms with E-state index in [0.717, 1.165) is 0 Å². The van der Waals surface area contributed by atoms with Gasteiger partial charge in [0.15, 0.2) is 0 Å². The number of urea groups is 1. The van der Waals surface area contributed by atoms with E-state index >= 15 is 0 Å². The minimum atomic E-state index is -1.23. The first-order valence-electron chi connectivity index (χ1n) is 5.93. The molecule has 0 spiro atoms. The summed E-state index contributed by atoms with van der Waals surface area (Å²) in [5, 5.41) is 13.5. The molecule has 0 fully saturated rings. The SMILES string of the molecule is C#CCC(NC(=O)NC(C)c1ccccc1F)C(=O)O. The molecule has 106 valence electrons. The number of amides is 2. The lowest BCUT2D eigenvalue weighted by Crippen LogP contribution is -2.46. The molecule has 2 unspecified atom stereocenters. The van der Waals surface area contributed by atoms with Gasteiger partial charge in [0.25, 0.3) is 0 Å². The summed E-state index contributed by atoms with van der Waals surface area (Å²) >= 11 is 0. The Morgan fingerprint density at radius 1 is 1.40 bits per heavy atom. The van der Waals surface area contributed by atoms with E-state index in [2.05, 4.69) is 16.6 Å². The summed E-state index contributed by atoms with van der Waals surface area (Å²) in [5.41, 5.74) is 0.312. The van der Waals surface area contributed by atoms with E-state index < -0.39 is 29.9 Å². The molecule has 0 bridgehead atoms. The zero-order valence-electron chi connectivity index (χ0n) is 10.9. The number of carbonyl (C=O) groups excluding carboxylic acids is 1. The summed E-state index contributed by atoms with van der Waals surface area (Å²) in [5.74, 6) is 0.494. The summed E-state index contributed by atoms with van der Waals surface area (Å²) in [6.45, 7) is 1.59.